The molecule has 0 radical (unpaired) electrons. The number of fused-ring (bicyclic) bond motifs is 2. The zero-order chi connectivity index (χ0) is 19.6. The van der Waals surface area contributed by atoms with E-state index >= 15 is 0 Å². The van der Waals surface area contributed by atoms with Crippen LogP contribution in [0, 0.1) is 5.41 Å². The molecule has 138 valence electrons. The molecule has 0 bridgehead atoms. The summed E-state index contributed by atoms with van der Waals surface area (Å²) in [5.74, 6) is -1.04. The summed E-state index contributed by atoms with van der Waals surface area (Å²) in [5, 5.41) is 12.3. The molecule has 7 heteroatoms. The van der Waals surface area contributed by atoms with E-state index in [1.165, 1.54) is 18.2 Å². The highest BCUT2D eigenvalue weighted by molar-refractivity contribution is 6.29. The van der Waals surface area contributed by atoms with Gasteiger partial charge >= 0.3 is 6.18 Å². The van der Waals surface area contributed by atoms with E-state index in [0.717, 1.165) is 12.1 Å². The summed E-state index contributed by atoms with van der Waals surface area (Å²) in [6.07, 6.45) is 0.465. The Morgan fingerprint density at radius 3 is 2.37 bits per heavy atom. The second-order valence-corrected chi connectivity index (χ2v) is 6.96. The molecule has 1 heterocycles. The molecule has 4 nitrogen and oxygen atoms in total. The maximum atomic E-state index is 12.9. The van der Waals surface area contributed by atoms with Crippen LogP contribution < -0.4 is 5.32 Å². The predicted molar refractivity (Wildman–Crippen MR) is 91.1 cm³/mol. The molecule has 1 unspecified atom stereocenters. The van der Waals surface area contributed by atoms with Crippen molar-refractivity contribution in [2.45, 2.75) is 19.5 Å². The van der Waals surface area contributed by atoms with Gasteiger partial charge in [-0.25, -0.2) is 0 Å². The lowest BCUT2D eigenvalue weighted by Crippen LogP contribution is -2.29. The van der Waals surface area contributed by atoms with Crippen LogP contribution in [0.15, 0.2) is 65.0 Å². The van der Waals surface area contributed by atoms with E-state index in [2.05, 4.69) is 5.32 Å². The molecule has 1 saturated heterocycles. The Labute approximate surface area is 152 Å². The summed E-state index contributed by atoms with van der Waals surface area (Å²) in [4.78, 5) is 24.6. The highest BCUT2D eigenvalue weighted by atomic mass is 19.4. The quantitative estimate of drug-likeness (QED) is 0.736. The second-order valence-electron chi connectivity index (χ2n) is 6.96. The van der Waals surface area contributed by atoms with Gasteiger partial charge in [-0.05, 0) is 41.0 Å². The average Bonchev–Trinajstić information content (AvgIpc) is 2.85. The maximum absolute atomic E-state index is 12.9. The molecule has 2 aliphatic carbocycles. The van der Waals surface area contributed by atoms with Gasteiger partial charge in [-0.15, -0.1) is 0 Å². The van der Waals surface area contributed by atoms with Crippen LogP contribution >= 0.6 is 0 Å². The molecule has 3 aliphatic rings. The number of carbonyl (C=O) groups excluding carboxylic acids is 2. The highest BCUT2D eigenvalue weighted by Gasteiger charge is 2.47. The minimum Gasteiger partial charge on any atom is -0.512 e. The zero-order valence-electron chi connectivity index (χ0n) is 14.1. The Morgan fingerprint density at radius 2 is 1.74 bits per heavy atom. The van der Waals surface area contributed by atoms with Gasteiger partial charge in [0.2, 0.25) is 0 Å². The van der Waals surface area contributed by atoms with Crippen LogP contribution in [0.1, 0.15) is 24.5 Å². The van der Waals surface area contributed by atoms with Crippen LogP contribution in [0.25, 0.3) is 5.57 Å². The third-order valence-electron chi connectivity index (χ3n) is 5.20. The molecular formula is C20H14F3NO3. The monoisotopic (exact) mass is 373 g/mol. The molecule has 1 aromatic carbocycles. The summed E-state index contributed by atoms with van der Waals surface area (Å²) < 4.78 is 38.7. The molecule has 27 heavy (non-hydrogen) atoms. The van der Waals surface area contributed by atoms with Crippen LogP contribution in [0.3, 0.4) is 0 Å². The number of imide groups is 1. The standard InChI is InChI=1S/C20H14F3NO3/c1-19-9-13(25)7-6-12(19)8-14-15(18(27)24-17(14)26)16(19)10-2-4-11(5-3-10)20(21,22)23/h2-8,25H,9H2,1H3,(H,24,26,27). The van der Waals surface area contributed by atoms with Crippen molar-refractivity contribution in [2.24, 2.45) is 5.41 Å². The fraction of sp³-hybridized carbons (Fsp3) is 0.200. The number of hydrogen-bond donors (Lipinski definition) is 2. The van der Waals surface area contributed by atoms with E-state index in [-0.39, 0.29) is 23.3 Å². The number of halogens is 3. The van der Waals surface area contributed by atoms with Crippen molar-refractivity contribution in [2.75, 3.05) is 0 Å². The number of hydrogen-bond acceptors (Lipinski definition) is 3. The summed E-state index contributed by atoms with van der Waals surface area (Å²) in [6, 6.07) is 4.48. The first-order chi connectivity index (χ1) is 12.6. The van der Waals surface area contributed by atoms with Crippen LogP contribution in [0.4, 0.5) is 13.2 Å². The largest absolute Gasteiger partial charge is 0.512 e. The summed E-state index contributed by atoms with van der Waals surface area (Å²) in [5.41, 5.74) is 0.225. The molecule has 4 rings (SSSR count). The number of carbonyl (C=O) groups is 2. The third kappa shape index (κ3) is 2.53. The van der Waals surface area contributed by atoms with Crippen LogP contribution in [0.5, 0.6) is 0 Å². The Kier molecular flexibility index (Phi) is 3.50. The Morgan fingerprint density at radius 1 is 1.07 bits per heavy atom. The van der Waals surface area contributed by atoms with Gasteiger partial charge in [0.25, 0.3) is 11.8 Å². The number of rotatable bonds is 1. The first kappa shape index (κ1) is 17.3. The zero-order valence-corrected chi connectivity index (χ0v) is 14.1. The van der Waals surface area contributed by atoms with Crippen LogP contribution in [-0.2, 0) is 15.8 Å². The van der Waals surface area contributed by atoms with E-state index in [4.69, 9.17) is 0 Å². The number of aliphatic hydroxyl groups excluding tert-OH is 1. The first-order valence-electron chi connectivity index (χ1n) is 8.22. The van der Waals surface area contributed by atoms with E-state index in [1.54, 1.807) is 19.1 Å². The summed E-state index contributed by atoms with van der Waals surface area (Å²) >= 11 is 0. The number of alkyl halides is 3. The van der Waals surface area contributed by atoms with E-state index < -0.39 is 29.0 Å². The Hall–Kier alpha value is -3.09. The molecule has 0 aromatic heterocycles. The smallest absolute Gasteiger partial charge is 0.416 e. The molecule has 1 aliphatic heterocycles. The van der Waals surface area contributed by atoms with Crippen molar-refractivity contribution in [3.8, 4) is 0 Å². The summed E-state index contributed by atoms with van der Waals surface area (Å²) in [7, 11) is 0. The average molecular weight is 373 g/mol. The lowest BCUT2D eigenvalue weighted by molar-refractivity contribution is -0.137. The molecule has 2 amide bonds. The van der Waals surface area contributed by atoms with Crippen LogP contribution in [0.2, 0.25) is 0 Å². The maximum Gasteiger partial charge on any atom is 0.416 e. The number of amides is 2. The lowest BCUT2D eigenvalue weighted by Gasteiger charge is -2.39. The number of nitrogens with one attached hydrogen (secondary N) is 1. The molecular weight excluding hydrogens is 359 g/mol. The normalized spacial score (nSPS) is 24.7. The molecule has 1 fully saturated rings. The van der Waals surface area contributed by atoms with Gasteiger partial charge in [0.05, 0.1) is 22.5 Å². The van der Waals surface area contributed by atoms with Gasteiger partial charge < -0.3 is 5.11 Å². The fourth-order valence-corrected chi connectivity index (χ4v) is 3.91. The van der Waals surface area contributed by atoms with Crippen molar-refractivity contribution < 1.29 is 27.9 Å². The van der Waals surface area contributed by atoms with Crippen LogP contribution in [-0.4, -0.2) is 16.9 Å². The van der Waals surface area contributed by atoms with Gasteiger partial charge in [0.1, 0.15) is 0 Å². The van der Waals surface area contributed by atoms with Gasteiger partial charge in [0, 0.05) is 11.8 Å². The second kappa shape index (κ2) is 5.45. The summed E-state index contributed by atoms with van der Waals surface area (Å²) in [6.45, 7) is 1.80. The van der Waals surface area contributed by atoms with Gasteiger partial charge in [0.15, 0.2) is 0 Å². The Balaban J connectivity index is 1.96. The van der Waals surface area contributed by atoms with Gasteiger partial charge in [-0.1, -0.05) is 25.1 Å². The lowest BCUT2D eigenvalue weighted by atomic mass is 9.63. The van der Waals surface area contributed by atoms with Gasteiger partial charge in [-0.2, -0.15) is 13.2 Å². The van der Waals surface area contributed by atoms with E-state index in [0.29, 0.717) is 16.7 Å². The molecule has 0 spiro atoms. The van der Waals surface area contributed by atoms with Crippen molar-refractivity contribution in [1.82, 2.24) is 5.32 Å². The molecule has 0 saturated carbocycles. The number of aliphatic hydroxyl groups is 1. The van der Waals surface area contributed by atoms with Crippen molar-refractivity contribution >= 4 is 17.4 Å². The molecule has 1 atom stereocenters. The number of benzene rings is 1. The highest BCUT2D eigenvalue weighted by Crippen LogP contribution is 2.54. The van der Waals surface area contributed by atoms with Crippen molar-refractivity contribution in [1.29, 1.82) is 0 Å². The first-order valence-corrected chi connectivity index (χ1v) is 8.22. The number of allylic oxidation sites excluding steroid dienone is 6. The van der Waals surface area contributed by atoms with Crippen molar-refractivity contribution in [3.05, 3.63) is 76.1 Å². The third-order valence-corrected chi connectivity index (χ3v) is 5.20. The predicted octanol–water partition coefficient (Wildman–Crippen LogP) is 3.83. The SMILES string of the molecule is CC12CC(O)=CC=C1C=C1C(=O)NC(=O)C1=C2c1ccc(C(F)(F)F)cc1. The van der Waals surface area contributed by atoms with Crippen molar-refractivity contribution in [3.63, 3.8) is 0 Å². The Bertz CT molecular complexity index is 1010. The van der Waals surface area contributed by atoms with E-state index in [9.17, 15) is 27.9 Å². The minimum absolute atomic E-state index is 0.0906. The molecule has 1 aromatic rings. The topological polar surface area (TPSA) is 66.4 Å². The van der Waals surface area contributed by atoms with E-state index in [1.807, 2.05) is 0 Å². The fourth-order valence-electron chi connectivity index (χ4n) is 3.91. The van der Waals surface area contributed by atoms with Gasteiger partial charge in [-0.3, -0.25) is 14.9 Å². The minimum atomic E-state index is -4.48. The molecule has 2 N–H and O–H groups in total.